The number of thiazole rings is 1. The second-order valence-corrected chi connectivity index (χ2v) is 6.78. The Hall–Kier alpha value is -2.15. The lowest BCUT2D eigenvalue weighted by Crippen LogP contribution is -2.30. The predicted octanol–water partition coefficient (Wildman–Crippen LogP) is 4.92. The van der Waals surface area contributed by atoms with E-state index in [0.717, 1.165) is 5.69 Å². The Morgan fingerprint density at radius 3 is 2.80 bits per heavy atom. The zero-order valence-corrected chi connectivity index (χ0v) is 15.4. The number of ether oxygens (including phenoxy) is 1. The van der Waals surface area contributed by atoms with Gasteiger partial charge in [0.2, 0.25) is 0 Å². The van der Waals surface area contributed by atoms with Gasteiger partial charge in [-0.2, -0.15) is 0 Å². The number of anilines is 1. The summed E-state index contributed by atoms with van der Waals surface area (Å²) in [6, 6.07) is 10.4. The summed E-state index contributed by atoms with van der Waals surface area (Å²) in [5, 5.41) is 5.88. The highest BCUT2D eigenvalue weighted by molar-refractivity contribution is 7.14. The number of halogens is 2. The zero-order chi connectivity index (χ0) is 17.8. The van der Waals surface area contributed by atoms with Crippen molar-refractivity contribution in [3.05, 3.63) is 58.0 Å². The summed E-state index contributed by atoms with van der Waals surface area (Å²) < 4.78 is 5.59. The van der Waals surface area contributed by atoms with E-state index < -0.39 is 6.10 Å². The van der Waals surface area contributed by atoms with Crippen LogP contribution in [0.15, 0.2) is 48.0 Å². The van der Waals surface area contributed by atoms with E-state index in [2.05, 4.69) is 15.3 Å². The SMILES string of the molecule is CC(Oc1ccc(Cl)cc1Cl)C(=O)Nc1nc(-c2ccccn2)cs1. The minimum absolute atomic E-state index is 0.326. The lowest BCUT2D eigenvalue weighted by Gasteiger charge is -2.14. The van der Waals surface area contributed by atoms with Gasteiger partial charge < -0.3 is 4.74 Å². The van der Waals surface area contributed by atoms with Gasteiger partial charge in [0.1, 0.15) is 11.4 Å². The first-order valence-corrected chi connectivity index (χ1v) is 8.96. The fraction of sp³-hybridized carbons (Fsp3) is 0.118. The number of aromatic nitrogens is 2. The van der Waals surface area contributed by atoms with Gasteiger partial charge in [0, 0.05) is 16.6 Å². The molecule has 0 aliphatic carbocycles. The molecule has 0 saturated heterocycles. The number of hydrogen-bond acceptors (Lipinski definition) is 5. The summed E-state index contributed by atoms with van der Waals surface area (Å²) in [5.74, 6) is 0.0648. The molecule has 128 valence electrons. The molecule has 1 unspecified atom stereocenters. The van der Waals surface area contributed by atoms with Crippen LogP contribution in [-0.2, 0) is 4.79 Å². The molecule has 0 aliphatic heterocycles. The van der Waals surface area contributed by atoms with Crippen LogP contribution in [0.25, 0.3) is 11.4 Å². The maximum Gasteiger partial charge on any atom is 0.266 e. The van der Waals surface area contributed by atoms with Crippen molar-refractivity contribution in [2.24, 2.45) is 0 Å². The van der Waals surface area contributed by atoms with E-state index in [-0.39, 0.29) is 5.91 Å². The fourth-order valence-electron chi connectivity index (χ4n) is 1.98. The molecule has 0 saturated carbocycles. The zero-order valence-electron chi connectivity index (χ0n) is 13.1. The molecule has 0 spiro atoms. The number of nitrogens with zero attached hydrogens (tertiary/aromatic N) is 2. The van der Waals surface area contributed by atoms with Crippen molar-refractivity contribution in [2.45, 2.75) is 13.0 Å². The number of benzene rings is 1. The lowest BCUT2D eigenvalue weighted by molar-refractivity contribution is -0.122. The number of pyridine rings is 1. The number of carbonyl (C=O) groups excluding carboxylic acids is 1. The fourth-order valence-corrected chi connectivity index (χ4v) is 3.15. The molecule has 5 nitrogen and oxygen atoms in total. The molecular formula is C17H13Cl2N3O2S. The first-order chi connectivity index (χ1) is 12.0. The molecule has 0 bridgehead atoms. The molecular weight excluding hydrogens is 381 g/mol. The van der Waals surface area contributed by atoms with Crippen molar-refractivity contribution in [1.82, 2.24) is 9.97 Å². The third kappa shape index (κ3) is 4.48. The Bertz CT molecular complexity index is 887. The topological polar surface area (TPSA) is 64.1 Å². The van der Waals surface area contributed by atoms with Crippen molar-refractivity contribution >= 4 is 45.6 Å². The summed E-state index contributed by atoms with van der Waals surface area (Å²) in [5.41, 5.74) is 1.45. The van der Waals surface area contributed by atoms with Crippen LogP contribution < -0.4 is 10.1 Å². The van der Waals surface area contributed by atoms with E-state index >= 15 is 0 Å². The van der Waals surface area contributed by atoms with E-state index in [1.54, 1.807) is 31.3 Å². The van der Waals surface area contributed by atoms with Gasteiger partial charge in [-0.1, -0.05) is 29.3 Å². The third-order valence-electron chi connectivity index (χ3n) is 3.23. The smallest absolute Gasteiger partial charge is 0.266 e. The molecule has 0 aliphatic rings. The van der Waals surface area contributed by atoms with Crippen molar-refractivity contribution in [2.75, 3.05) is 5.32 Å². The van der Waals surface area contributed by atoms with E-state index in [0.29, 0.717) is 26.6 Å². The van der Waals surface area contributed by atoms with E-state index in [1.807, 2.05) is 23.6 Å². The summed E-state index contributed by atoms with van der Waals surface area (Å²) in [6.45, 7) is 1.63. The van der Waals surface area contributed by atoms with E-state index in [4.69, 9.17) is 27.9 Å². The first kappa shape index (κ1) is 17.7. The Morgan fingerprint density at radius 2 is 2.08 bits per heavy atom. The van der Waals surface area contributed by atoms with Crippen LogP contribution in [0.3, 0.4) is 0 Å². The van der Waals surface area contributed by atoms with Gasteiger partial charge in [0.15, 0.2) is 11.2 Å². The largest absolute Gasteiger partial charge is 0.479 e. The quantitative estimate of drug-likeness (QED) is 0.667. The third-order valence-corrected chi connectivity index (χ3v) is 4.52. The number of nitrogens with one attached hydrogen (secondary N) is 1. The molecule has 2 aromatic heterocycles. The first-order valence-electron chi connectivity index (χ1n) is 7.32. The van der Waals surface area contributed by atoms with Gasteiger partial charge in [-0.15, -0.1) is 11.3 Å². The molecule has 2 heterocycles. The Balaban J connectivity index is 1.65. The van der Waals surface area contributed by atoms with Crippen LogP contribution >= 0.6 is 34.5 Å². The van der Waals surface area contributed by atoms with Crippen molar-refractivity contribution in [1.29, 1.82) is 0 Å². The normalized spacial score (nSPS) is 11.8. The highest BCUT2D eigenvalue weighted by atomic mass is 35.5. The van der Waals surface area contributed by atoms with Crippen LogP contribution in [0.2, 0.25) is 10.0 Å². The van der Waals surface area contributed by atoms with Crippen molar-refractivity contribution in [3.8, 4) is 17.1 Å². The number of rotatable bonds is 5. The molecule has 25 heavy (non-hydrogen) atoms. The minimum Gasteiger partial charge on any atom is -0.479 e. The monoisotopic (exact) mass is 393 g/mol. The summed E-state index contributed by atoms with van der Waals surface area (Å²) in [6.07, 6.45) is 0.944. The van der Waals surface area contributed by atoms with Gasteiger partial charge in [0.05, 0.1) is 10.7 Å². The van der Waals surface area contributed by atoms with Crippen LogP contribution in [0.4, 0.5) is 5.13 Å². The molecule has 1 aromatic carbocycles. The Morgan fingerprint density at radius 1 is 1.24 bits per heavy atom. The van der Waals surface area contributed by atoms with E-state index in [9.17, 15) is 4.79 Å². The molecule has 3 rings (SSSR count). The van der Waals surface area contributed by atoms with Crippen LogP contribution in [0.1, 0.15) is 6.92 Å². The van der Waals surface area contributed by atoms with Gasteiger partial charge >= 0.3 is 0 Å². The number of amides is 1. The van der Waals surface area contributed by atoms with Gasteiger partial charge in [-0.05, 0) is 37.3 Å². The molecule has 1 atom stereocenters. The molecule has 8 heteroatoms. The average Bonchev–Trinajstić information content (AvgIpc) is 3.06. The van der Waals surface area contributed by atoms with Crippen LogP contribution in [0.5, 0.6) is 5.75 Å². The second-order valence-electron chi connectivity index (χ2n) is 5.08. The minimum atomic E-state index is -0.749. The molecule has 0 fully saturated rings. The Labute approximate surface area is 158 Å². The van der Waals surface area contributed by atoms with Gasteiger partial charge in [0.25, 0.3) is 5.91 Å². The second kappa shape index (κ2) is 7.82. The molecule has 0 radical (unpaired) electrons. The summed E-state index contributed by atoms with van der Waals surface area (Å²) in [4.78, 5) is 20.9. The number of carbonyl (C=O) groups is 1. The van der Waals surface area contributed by atoms with Crippen molar-refractivity contribution in [3.63, 3.8) is 0 Å². The maximum absolute atomic E-state index is 12.3. The van der Waals surface area contributed by atoms with Gasteiger partial charge in [-0.3, -0.25) is 15.1 Å². The maximum atomic E-state index is 12.3. The lowest BCUT2D eigenvalue weighted by atomic mass is 10.3. The average molecular weight is 394 g/mol. The van der Waals surface area contributed by atoms with Crippen molar-refractivity contribution < 1.29 is 9.53 Å². The standard InChI is InChI=1S/C17H13Cl2N3O2S/c1-10(24-15-6-5-11(18)8-12(15)19)16(23)22-17-21-14(9-25-17)13-4-2-3-7-20-13/h2-10H,1H3,(H,21,22,23). The van der Waals surface area contributed by atoms with E-state index in [1.165, 1.54) is 11.3 Å². The predicted molar refractivity (Wildman–Crippen MR) is 101 cm³/mol. The molecule has 1 amide bonds. The highest BCUT2D eigenvalue weighted by Gasteiger charge is 2.18. The summed E-state index contributed by atoms with van der Waals surface area (Å²) in [7, 11) is 0. The molecule has 1 N–H and O–H groups in total. The highest BCUT2D eigenvalue weighted by Crippen LogP contribution is 2.29. The number of hydrogen-bond donors (Lipinski definition) is 1. The molecule has 3 aromatic rings. The van der Waals surface area contributed by atoms with Crippen LogP contribution in [-0.4, -0.2) is 22.0 Å². The van der Waals surface area contributed by atoms with Gasteiger partial charge in [-0.25, -0.2) is 4.98 Å². The Kier molecular flexibility index (Phi) is 5.53. The van der Waals surface area contributed by atoms with Crippen LogP contribution in [0, 0.1) is 0 Å². The summed E-state index contributed by atoms with van der Waals surface area (Å²) >= 11 is 13.2.